The number of thiazole rings is 1. The molecule has 0 spiro atoms. The number of aromatic hydroxyl groups is 1. The van der Waals surface area contributed by atoms with Crippen molar-refractivity contribution in [2.45, 2.75) is 39.7 Å². The van der Waals surface area contributed by atoms with Gasteiger partial charge in [-0.3, -0.25) is 9.36 Å². The first-order valence-corrected chi connectivity index (χ1v) is 14.6. The molecule has 3 aromatic rings. The van der Waals surface area contributed by atoms with Gasteiger partial charge in [0, 0.05) is 7.11 Å². The number of phenols is 1. The average Bonchev–Trinajstić information content (AvgIpc) is 3.28. The molecule has 4 rings (SSSR count). The van der Waals surface area contributed by atoms with Crippen molar-refractivity contribution in [3.63, 3.8) is 0 Å². The number of benzene rings is 2. The molecule has 1 aromatic heterocycles. The predicted molar refractivity (Wildman–Crippen MR) is 159 cm³/mol. The van der Waals surface area contributed by atoms with E-state index in [4.69, 9.17) is 23.7 Å². The third-order valence-electron chi connectivity index (χ3n) is 6.60. The summed E-state index contributed by atoms with van der Waals surface area (Å²) in [6, 6.07) is 9.44. The maximum Gasteiger partial charge on any atom is 0.338 e. The van der Waals surface area contributed by atoms with Gasteiger partial charge in [-0.1, -0.05) is 36.8 Å². The SMILES string of the molecule is CCCCOc1ccc(C2C(C(=O)OCCOC)=C(C)N=c3sc(=Cc4ccc(O)c(OCC)c4)c(=O)n32)cc1OC. The molecular formula is C31H36N2O8S. The highest BCUT2D eigenvalue weighted by atomic mass is 32.1. The van der Waals surface area contributed by atoms with Crippen LogP contribution in [0.2, 0.25) is 0 Å². The maximum absolute atomic E-state index is 14.0. The van der Waals surface area contributed by atoms with Gasteiger partial charge in [0.25, 0.3) is 5.56 Å². The Hall–Kier alpha value is -4.09. The van der Waals surface area contributed by atoms with E-state index in [0.29, 0.717) is 56.6 Å². The molecule has 1 aliphatic rings. The molecular weight excluding hydrogens is 560 g/mol. The van der Waals surface area contributed by atoms with Crippen LogP contribution in [0.5, 0.6) is 23.0 Å². The molecule has 0 saturated heterocycles. The fraction of sp³-hybridized carbons (Fsp3) is 0.387. The van der Waals surface area contributed by atoms with Gasteiger partial charge < -0.3 is 28.8 Å². The van der Waals surface area contributed by atoms with E-state index in [1.807, 2.05) is 13.0 Å². The molecule has 0 saturated carbocycles. The minimum Gasteiger partial charge on any atom is -0.504 e. The van der Waals surface area contributed by atoms with Crippen LogP contribution in [0.1, 0.15) is 50.8 Å². The summed E-state index contributed by atoms with van der Waals surface area (Å²) >= 11 is 1.21. The Morgan fingerprint density at radius 1 is 1.05 bits per heavy atom. The van der Waals surface area contributed by atoms with E-state index in [0.717, 1.165) is 12.8 Å². The van der Waals surface area contributed by atoms with Crippen molar-refractivity contribution in [3.05, 3.63) is 78.5 Å². The van der Waals surface area contributed by atoms with Crippen LogP contribution in [0.15, 0.2) is 57.5 Å². The van der Waals surface area contributed by atoms with E-state index >= 15 is 0 Å². The number of fused-ring (bicyclic) bond motifs is 1. The van der Waals surface area contributed by atoms with E-state index in [9.17, 15) is 14.7 Å². The maximum atomic E-state index is 14.0. The summed E-state index contributed by atoms with van der Waals surface area (Å²) in [7, 11) is 3.07. The summed E-state index contributed by atoms with van der Waals surface area (Å²) in [5.74, 6) is 0.806. The molecule has 42 heavy (non-hydrogen) atoms. The molecule has 0 fully saturated rings. The molecule has 224 valence electrons. The molecule has 1 unspecified atom stereocenters. The lowest BCUT2D eigenvalue weighted by Gasteiger charge is -2.25. The summed E-state index contributed by atoms with van der Waals surface area (Å²) in [6.07, 6.45) is 3.60. The van der Waals surface area contributed by atoms with E-state index in [-0.39, 0.29) is 30.1 Å². The second-order valence-corrected chi connectivity index (χ2v) is 10.5. The first kappa shape index (κ1) is 30.9. The van der Waals surface area contributed by atoms with Crippen LogP contribution in [0.4, 0.5) is 0 Å². The first-order valence-electron chi connectivity index (χ1n) is 13.8. The minimum atomic E-state index is -0.823. The van der Waals surface area contributed by atoms with Gasteiger partial charge >= 0.3 is 5.97 Å². The van der Waals surface area contributed by atoms with E-state index in [2.05, 4.69) is 11.9 Å². The zero-order valence-corrected chi connectivity index (χ0v) is 25.3. The van der Waals surface area contributed by atoms with Crippen LogP contribution in [-0.4, -0.2) is 56.3 Å². The minimum absolute atomic E-state index is 0.0128. The lowest BCUT2D eigenvalue weighted by molar-refractivity contribution is -0.140. The average molecular weight is 597 g/mol. The normalized spacial score (nSPS) is 14.8. The summed E-state index contributed by atoms with van der Waals surface area (Å²) in [4.78, 5) is 32.4. The number of esters is 1. The van der Waals surface area contributed by atoms with Gasteiger partial charge in [-0.05, 0) is 61.7 Å². The molecule has 0 amide bonds. The molecule has 1 N–H and O–H groups in total. The molecule has 2 aromatic carbocycles. The fourth-order valence-electron chi connectivity index (χ4n) is 4.54. The molecule has 1 aliphatic heterocycles. The van der Waals surface area contributed by atoms with Crippen molar-refractivity contribution < 1.29 is 33.6 Å². The predicted octanol–water partition coefficient (Wildman–Crippen LogP) is 3.72. The monoisotopic (exact) mass is 596 g/mol. The number of methoxy groups -OCH3 is 2. The van der Waals surface area contributed by atoms with Crippen molar-refractivity contribution >= 4 is 23.4 Å². The zero-order chi connectivity index (χ0) is 30.2. The number of allylic oxidation sites excluding steroid dienone is 1. The standard InChI is InChI=1S/C31H36N2O8S/c1-6-8-13-40-23-12-10-21(18-25(23)38-5)28-27(30(36)41-15-14-37-4)19(3)32-31-33(28)29(35)26(42-31)17-20-9-11-22(34)24(16-20)39-7-2/h9-12,16-18,28,34H,6-8,13-15H2,1-5H3. The van der Waals surface area contributed by atoms with Crippen molar-refractivity contribution in [3.8, 4) is 23.0 Å². The number of rotatable bonds is 13. The van der Waals surface area contributed by atoms with Gasteiger partial charge in [0.2, 0.25) is 0 Å². The number of phenolic OH excluding ortho intramolecular Hbond substituents is 1. The van der Waals surface area contributed by atoms with E-state index in [1.165, 1.54) is 29.1 Å². The topological polar surface area (TPSA) is 118 Å². The lowest BCUT2D eigenvalue weighted by Crippen LogP contribution is -2.40. The smallest absolute Gasteiger partial charge is 0.338 e. The molecule has 11 heteroatoms. The Balaban J connectivity index is 1.86. The van der Waals surface area contributed by atoms with Crippen molar-refractivity contribution in [1.29, 1.82) is 0 Å². The highest BCUT2D eigenvalue weighted by Crippen LogP contribution is 2.36. The lowest BCUT2D eigenvalue weighted by atomic mass is 9.95. The van der Waals surface area contributed by atoms with Crippen LogP contribution in [0, 0.1) is 0 Å². The van der Waals surface area contributed by atoms with Crippen LogP contribution >= 0.6 is 11.3 Å². The summed E-state index contributed by atoms with van der Waals surface area (Å²) < 4.78 is 29.5. The van der Waals surface area contributed by atoms with E-state index < -0.39 is 12.0 Å². The number of unbranched alkanes of at least 4 members (excludes halogenated alkanes) is 1. The number of ether oxygens (including phenoxy) is 5. The highest BCUT2D eigenvalue weighted by Gasteiger charge is 2.34. The molecule has 1 atom stereocenters. The largest absolute Gasteiger partial charge is 0.504 e. The number of carbonyl (C=O) groups is 1. The van der Waals surface area contributed by atoms with Gasteiger partial charge in [0.05, 0.1) is 48.8 Å². The van der Waals surface area contributed by atoms with Gasteiger partial charge in [-0.15, -0.1) is 0 Å². The Morgan fingerprint density at radius 3 is 2.57 bits per heavy atom. The number of aromatic nitrogens is 1. The third-order valence-corrected chi connectivity index (χ3v) is 7.59. The Morgan fingerprint density at radius 2 is 1.86 bits per heavy atom. The number of carbonyl (C=O) groups excluding carboxylic acids is 1. The van der Waals surface area contributed by atoms with Crippen LogP contribution in [0.25, 0.3) is 6.08 Å². The molecule has 2 heterocycles. The van der Waals surface area contributed by atoms with Gasteiger partial charge in [0.1, 0.15) is 6.61 Å². The molecule has 0 aliphatic carbocycles. The zero-order valence-electron chi connectivity index (χ0n) is 24.5. The summed E-state index contributed by atoms with van der Waals surface area (Å²) in [6.45, 7) is 6.85. The van der Waals surface area contributed by atoms with Gasteiger partial charge in [-0.25, -0.2) is 9.79 Å². The number of nitrogens with zero attached hydrogens (tertiary/aromatic N) is 2. The Bertz CT molecular complexity index is 1640. The quantitative estimate of drug-likeness (QED) is 0.234. The summed E-state index contributed by atoms with van der Waals surface area (Å²) in [5, 5.41) is 10.1. The second-order valence-electron chi connectivity index (χ2n) is 9.48. The van der Waals surface area contributed by atoms with E-state index in [1.54, 1.807) is 44.4 Å². The molecule has 10 nitrogen and oxygen atoms in total. The van der Waals surface area contributed by atoms with Gasteiger partial charge in [-0.2, -0.15) is 0 Å². The number of hydrogen-bond donors (Lipinski definition) is 1. The first-order chi connectivity index (χ1) is 20.3. The third kappa shape index (κ3) is 6.69. The summed E-state index contributed by atoms with van der Waals surface area (Å²) in [5.41, 5.74) is 1.67. The highest BCUT2D eigenvalue weighted by molar-refractivity contribution is 7.07. The Kier molecular flexibility index (Phi) is 10.4. The van der Waals surface area contributed by atoms with Crippen molar-refractivity contribution in [2.75, 3.05) is 40.6 Å². The van der Waals surface area contributed by atoms with Crippen molar-refractivity contribution in [2.24, 2.45) is 4.99 Å². The Labute approximate surface area is 248 Å². The number of hydrogen-bond acceptors (Lipinski definition) is 10. The second kappa shape index (κ2) is 14.2. The molecule has 0 radical (unpaired) electrons. The van der Waals surface area contributed by atoms with Crippen LogP contribution in [-0.2, 0) is 14.3 Å². The molecule has 0 bridgehead atoms. The van der Waals surface area contributed by atoms with Gasteiger partial charge in [0.15, 0.2) is 27.8 Å². The van der Waals surface area contributed by atoms with Crippen molar-refractivity contribution in [1.82, 2.24) is 4.57 Å². The van der Waals surface area contributed by atoms with Crippen LogP contribution in [0.3, 0.4) is 0 Å². The van der Waals surface area contributed by atoms with Crippen LogP contribution < -0.4 is 29.1 Å². The fourth-order valence-corrected chi connectivity index (χ4v) is 5.58.